The number of rotatable bonds is 4. The molecule has 1 amide bonds. The van der Waals surface area contributed by atoms with Crippen molar-refractivity contribution in [2.24, 2.45) is 12.0 Å². The van der Waals surface area contributed by atoms with Crippen molar-refractivity contribution < 1.29 is 18.0 Å². The summed E-state index contributed by atoms with van der Waals surface area (Å²) in [5.41, 5.74) is -0.804. The van der Waals surface area contributed by atoms with E-state index in [-0.39, 0.29) is 48.0 Å². The minimum atomic E-state index is -4.49. The van der Waals surface area contributed by atoms with Crippen LogP contribution in [0.3, 0.4) is 0 Å². The van der Waals surface area contributed by atoms with Gasteiger partial charge in [-0.15, -0.1) is 24.0 Å². The molecule has 0 bridgehead atoms. The number of nitrogens with zero attached hydrogens (tertiary/aromatic N) is 6. The van der Waals surface area contributed by atoms with Gasteiger partial charge in [0.15, 0.2) is 11.7 Å². The van der Waals surface area contributed by atoms with Gasteiger partial charge in [0.25, 0.3) is 0 Å². The van der Waals surface area contributed by atoms with Gasteiger partial charge in [0, 0.05) is 71.7 Å². The number of carbonyl (C=O) groups excluding carboxylic acids is 1. The third-order valence-electron chi connectivity index (χ3n) is 5.76. The normalized spacial score (nSPS) is 19.4. The van der Waals surface area contributed by atoms with E-state index in [0.29, 0.717) is 32.1 Å². The van der Waals surface area contributed by atoms with E-state index in [9.17, 15) is 18.0 Å². The van der Waals surface area contributed by atoms with Crippen molar-refractivity contribution in [3.63, 3.8) is 0 Å². The minimum Gasteiger partial charge on any atom is -0.352 e. The molecule has 0 radical (unpaired) electrons. The Morgan fingerprint density at radius 2 is 1.77 bits per heavy atom. The molecule has 176 valence electrons. The topological polar surface area (TPSA) is 69.0 Å². The first-order valence-electron chi connectivity index (χ1n) is 10.3. The van der Waals surface area contributed by atoms with Crippen LogP contribution in [0.15, 0.2) is 11.2 Å². The maximum absolute atomic E-state index is 13.1. The lowest BCUT2D eigenvalue weighted by atomic mass is 10.2. The van der Waals surface area contributed by atoms with Gasteiger partial charge in [-0.2, -0.15) is 18.3 Å². The second-order valence-electron chi connectivity index (χ2n) is 7.81. The molecule has 1 atom stereocenters. The molecular formula is C19H31F3IN7O. The van der Waals surface area contributed by atoms with Gasteiger partial charge in [-0.05, 0) is 19.8 Å². The summed E-state index contributed by atoms with van der Waals surface area (Å²) in [6.45, 7) is 6.31. The molecule has 3 heterocycles. The maximum atomic E-state index is 13.1. The quantitative estimate of drug-likeness (QED) is 0.348. The first kappa shape index (κ1) is 25.7. The van der Waals surface area contributed by atoms with Crippen LogP contribution in [-0.2, 0) is 24.6 Å². The fraction of sp³-hybridized carbons (Fsp3) is 0.737. The molecule has 12 heteroatoms. The van der Waals surface area contributed by atoms with E-state index in [0.717, 1.165) is 25.9 Å². The molecule has 8 nitrogen and oxygen atoms in total. The molecule has 2 fully saturated rings. The molecule has 2 aliphatic rings. The van der Waals surface area contributed by atoms with Crippen molar-refractivity contribution in [2.75, 3.05) is 46.3 Å². The predicted octanol–water partition coefficient (Wildman–Crippen LogP) is 1.76. The lowest BCUT2D eigenvalue weighted by Gasteiger charge is -2.39. The average molecular weight is 557 g/mol. The van der Waals surface area contributed by atoms with Crippen LogP contribution in [0.4, 0.5) is 13.2 Å². The number of nitrogens with one attached hydrogen (secondary N) is 1. The molecule has 1 N–H and O–H groups in total. The summed E-state index contributed by atoms with van der Waals surface area (Å²) in [6.07, 6.45) is -0.986. The highest BCUT2D eigenvalue weighted by Crippen LogP contribution is 2.30. The van der Waals surface area contributed by atoms with Crippen molar-refractivity contribution >= 4 is 35.8 Å². The third-order valence-corrected chi connectivity index (χ3v) is 5.76. The first-order chi connectivity index (χ1) is 14.2. The van der Waals surface area contributed by atoms with Gasteiger partial charge in [0.1, 0.15) is 0 Å². The Labute approximate surface area is 197 Å². The highest BCUT2D eigenvalue weighted by Gasteiger charge is 2.37. The van der Waals surface area contributed by atoms with E-state index >= 15 is 0 Å². The Kier molecular flexibility index (Phi) is 8.98. The zero-order valence-corrected chi connectivity index (χ0v) is 20.5. The number of guanidine groups is 1. The number of likely N-dealkylation sites (tertiary alicyclic amines) is 1. The summed E-state index contributed by atoms with van der Waals surface area (Å²) in [5, 5.41) is 6.55. The Bertz CT molecular complexity index is 769. The lowest BCUT2D eigenvalue weighted by Crippen LogP contribution is -2.57. The fourth-order valence-electron chi connectivity index (χ4n) is 4.09. The lowest BCUT2D eigenvalue weighted by molar-refractivity contribution is -0.142. The predicted molar refractivity (Wildman–Crippen MR) is 122 cm³/mol. The summed E-state index contributed by atoms with van der Waals surface area (Å²) in [7, 11) is 3.08. The average Bonchev–Trinajstić information content (AvgIpc) is 3.37. The van der Waals surface area contributed by atoms with Crippen molar-refractivity contribution in [3.05, 3.63) is 17.5 Å². The molecule has 0 aromatic carbocycles. The van der Waals surface area contributed by atoms with Crippen LogP contribution in [0, 0.1) is 0 Å². The monoisotopic (exact) mass is 557 g/mol. The van der Waals surface area contributed by atoms with E-state index in [1.807, 2.05) is 16.7 Å². The van der Waals surface area contributed by atoms with Crippen molar-refractivity contribution in [3.8, 4) is 0 Å². The maximum Gasteiger partial charge on any atom is 0.435 e. The van der Waals surface area contributed by atoms with E-state index in [4.69, 9.17) is 0 Å². The minimum absolute atomic E-state index is 0. The molecule has 1 aromatic rings. The number of amides is 1. The van der Waals surface area contributed by atoms with Crippen LogP contribution in [0.2, 0.25) is 0 Å². The Morgan fingerprint density at radius 3 is 2.32 bits per heavy atom. The standard InChI is InChI=1S/C19H30F3N7O.HI/c1-14(17(30)28-6-4-5-7-28)27-8-10-29(11-9-27)18(23-2)24-12-15-13-26(3)25-16(15)19(20,21)22;/h13-14H,4-12H2,1-3H3,(H,23,24);1H. The zero-order chi connectivity index (χ0) is 21.9. The number of aliphatic imine (C=N–C) groups is 1. The largest absolute Gasteiger partial charge is 0.435 e. The van der Waals surface area contributed by atoms with Crippen molar-refractivity contribution in [2.45, 2.75) is 38.5 Å². The molecule has 1 aromatic heterocycles. The molecule has 31 heavy (non-hydrogen) atoms. The molecule has 0 spiro atoms. The number of alkyl halides is 3. The van der Waals surface area contributed by atoms with Crippen LogP contribution in [0.1, 0.15) is 31.0 Å². The Hall–Kier alpha value is -1.57. The number of hydrogen-bond donors (Lipinski definition) is 1. The van der Waals surface area contributed by atoms with Crippen LogP contribution in [-0.4, -0.2) is 88.7 Å². The summed E-state index contributed by atoms with van der Waals surface area (Å²) in [5.74, 6) is 0.727. The van der Waals surface area contributed by atoms with Crippen LogP contribution in [0.25, 0.3) is 0 Å². The van der Waals surface area contributed by atoms with Gasteiger partial charge in [-0.25, -0.2) is 0 Å². The highest BCUT2D eigenvalue weighted by molar-refractivity contribution is 14.0. The zero-order valence-electron chi connectivity index (χ0n) is 18.2. The SMILES string of the molecule is CN=C(NCc1cn(C)nc1C(F)(F)F)N1CCN(C(C)C(=O)N2CCCC2)CC1.I. The Morgan fingerprint density at radius 1 is 1.16 bits per heavy atom. The summed E-state index contributed by atoms with van der Waals surface area (Å²) in [4.78, 5) is 22.9. The van der Waals surface area contributed by atoms with Crippen LogP contribution in [0.5, 0.6) is 0 Å². The summed E-state index contributed by atoms with van der Waals surface area (Å²) < 4.78 is 40.6. The van der Waals surface area contributed by atoms with Gasteiger partial charge in [0.2, 0.25) is 5.91 Å². The van der Waals surface area contributed by atoms with E-state index in [1.54, 1.807) is 7.05 Å². The Balaban J connectivity index is 0.00000341. The number of aryl methyl sites for hydroxylation is 1. The smallest absolute Gasteiger partial charge is 0.352 e. The molecule has 0 aliphatic carbocycles. The van der Waals surface area contributed by atoms with Crippen LogP contribution >= 0.6 is 24.0 Å². The fourth-order valence-corrected chi connectivity index (χ4v) is 4.09. The van der Waals surface area contributed by atoms with Gasteiger partial charge in [0.05, 0.1) is 6.04 Å². The van der Waals surface area contributed by atoms with Gasteiger partial charge >= 0.3 is 6.18 Å². The van der Waals surface area contributed by atoms with Gasteiger partial charge in [-0.1, -0.05) is 0 Å². The highest BCUT2D eigenvalue weighted by atomic mass is 127. The van der Waals surface area contributed by atoms with E-state index in [1.165, 1.54) is 17.9 Å². The molecular weight excluding hydrogens is 526 g/mol. The molecule has 1 unspecified atom stereocenters. The van der Waals surface area contributed by atoms with Crippen molar-refractivity contribution in [1.29, 1.82) is 0 Å². The number of piperazine rings is 1. The molecule has 2 saturated heterocycles. The van der Waals surface area contributed by atoms with E-state index in [2.05, 4.69) is 20.3 Å². The summed E-state index contributed by atoms with van der Waals surface area (Å²) >= 11 is 0. The second-order valence-corrected chi connectivity index (χ2v) is 7.81. The van der Waals surface area contributed by atoms with Crippen molar-refractivity contribution in [1.82, 2.24) is 29.8 Å². The third kappa shape index (κ3) is 6.24. The number of aromatic nitrogens is 2. The molecule has 0 saturated carbocycles. The van der Waals surface area contributed by atoms with Gasteiger partial charge in [-0.3, -0.25) is 19.4 Å². The van der Waals surface area contributed by atoms with Crippen LogP contribution < -0.4 is 5.32 Å². The number of halogens is 4. The first-order valence-corrected chi connectivity index (χ1v) is 10.3. The molecule has 2 aliphatic heterocycles. The summed E-state index contributed by atoms with van der Waals surface area (Å²) in [6, 6.07) is -0.162. The van der Waals surface area contributed by atoms with E-state index < -0.39 is 11.9 Å². The number of carbonyl (C=O) groups is 1. The second kappa shape index (κ2) is 10.8. The molecule has 3 rings (SSSR count). The number of hydrogen-bond acceptors (Lipinski definition) is 4. The van der Waals surface area contributed by atoms with Gasteiger partial charge < -0.3 is 15.1 Å².